The molecule has 1 fully saturated rings. The summed E-state index contributed by atoms with van der Waals surface area (Å²) in [4.78, 5) is 41.1. The van der Waals surface area contributed by atoms with Crippen LogP contribution < -0.4 is 9.64 Å². The lowest BCUT2D eigenvalue weighted by Crippen LogP contribution is -2.43. The summed E-state index contributed by atoms with van der Waals surface area (Å²) < 4.78 is 18.5. The molecule has 192 valence electrons. The number of methoxy groups -OCH3 is 1. The normalized spacial score (nSPS) is 14.2. The van der Waals surface area contributed by atoms with Gasteiger partial charge in [-0.05, 0) is 68.4 Å². The fourth-order valence-electron chi connectivity index (χ4n) is 4.60. The standard InChI is InChI=1S/C28H28FN3O5/c1-37-24-6-4-5-23(19-24)31(28(34)25-7-2-3-8-26(25)32(35)36)18-17-30-15-13-21(14-16-30)27(33)20-9-11-22(29)12-10-20/h2-12,19,21H,13-18H2,1H3. The highest BCUT2D eigenvalue weighted by Gasteiger charge is 2.29. The molecule has 1 heterocycles. The second kappa shape index (κ2) is 11.7. The molecule has 1 saturated heterocycles. The molecule has 1 aliphatic rings. The number of hydrogen-bond acceptors (Lipinski definition) is 6. The van der Waals surface area contributed by atoms with Gasteiger partial charge in [-0.3, -0.25) is 19.7 Å². The van der Waals surface area contributed by atoms with Gasteiger partial charge in [-0.15, -0.1) is 0 Å². The van der Waals surface area contributed by atoms with Crippen molar-refractivity contribution in [2.45, 2.75) is 12.8 Å². The van der Waals surface area contributed by atoms with Gasteiger partial charge < -0.3 is 14.5 Å². The summed E-state index contributed by atoms with van der Waals surface area (Å²) >= 11 is 0. The summed E-state index contributed by atoms with van der Waals surface area (Å²) in [5.41, 5.74) is 0.849. The fourth-order valence-corrected chi connectivity index (χ4v) is 4.60. The predicted octanol–water partition coefficient (Wildman–Crippen LogP) is 4.98. The number of para-hydroxylation sites is 1. The summed E-state index contributed by atoms with van der Waals surface area (Å²) in [5, 5.41) is 11.6. The third kappa shape index (κ3) is 6.18. The molecule has 0 aromatic heterocycles. The van der Waals surface area contributed by atoms with Crippen molar-refractivity contribution < 1.29 is 23.6 Å². The van der Waals surface area contributed by atoms with Crippen molar-refractivity contribution in [3.8, 4) is 5.75 Å². The Kier molecular flexibility index (Phi) is 8.25. The lowest BCUT2D eigenvalue weighted by atomic mass is 9.89. The third-order valence-corrected chi connectivity index (χ3v) is 6.67. The maximum atomic E-state index is 13.6. The highest BCUT2D eigenvalue weighted by atomic mass is 19.1. The number of halogens is 1. The molecular weight excluding hydrogens is 477 g/mol. The molecule has 3 aromatic rings. The highest BCUT2D eigenvalue weighted by Crippen LogP contribution is 2.27. The van der Waals surface area contributed by atoms with E-state index >= 15 is 0 Å². The first-order chi connectivity index (χ1) is 17.9. The van der Waals surface area contributed by atoms with Gasteiger partial charge >= 0.3 is 0 Å². The number of carbonyl (C=O) groups excluding carboxylic acids is 2. The van der Waals surface area contributed by atoms with Crippen LogP contribution in [-0.2, 0) is 0 Å². The number of piperidine rings is 1. The Hall–Kier alpha value is -4.11. The molecule has 1 aliphatic heterocycles. The van der Waals surface area contributed by atoms with E-state index in [1.807, 2.05) is 0 Å². The number of nitro groups is 1. The molecule has 3 aromatic carbocycles. The van der Waals surface area contributed by atoms with Gasteiger partial charge in [-0.2, -0.15) is 0 Å². The molecule has 0 radical (unpaired) electrons. The molecule has 0 saturated carbocycles. The first kappa shape index (κ1) is 26.0. The SMILES string of the molecule is COc1cccc(N(CCN2CCC(C(=O)c3ccc(F)cc3)CC2)C(=O)c2ccccc2[N+](=O)[O-])c1. The van der Waals surface area contributed by atoms with Crippen LogP contribution in [0.25, 0.3) is 0 Å². The van der Waals surface area contributed by atoms with Crippen molar-refractivity contribution in [1.29, 1.82) is 0 Å². The zero-order valence-electron chi connectivity index (χ0n) is 20.5. The molecular formula is C28H28FN3O5. The summed E-state index contributed by atoms with van der Waals surface area (Å²) in [6, 6.07) is 18.6. The van der Waals surface area contributed by atoms with Crippen molar-refractivity contribution in [3.63, 3.8) is 0 Å². The fraction of sp³-hybridized carbons (Fsp3) is 0.286. The van der Waals surface area contributed by atoms with Gasteiger partial charge in [0.25, 0.3) is 11.6 Å². The minimum atomic E-state index is -0.556. The van der Waals surface area contributed by atoms with E-state index in [0.717, 1.165) is 0 Å². The first-order valence-electron chi connectivity index (χ1n) is 12.1. The van der Waals surface area contributed by atoms with Gasteiger partial charge in [0.15, 0.2) is 5.78 Å². The van der Waals surface area contributed by atoms with E-state index in [1.165, 1.54) is 54.5 Å². The van der Waals surface area contributed by atoms with Crippen molar-refractivity contribution >= 4 is 23.1 Å². The first-order valence-corrected chi connectivity index (χ1v) is 12.1. The van der Waals surface area contributed by atoms with E-state index in [-0.39, 0.29) is 28.8 Å². The predicted molar refractivity (Wildman–Crippen MR) is 138 cm³/mol. The number of nitrogens with zero attached hydrogens (tertiary/aromatic N) is 3. The number of ether oxygens (including phenoxy) is 1. The molecule has 8 nitrogen and oxygen atoms in total. The van der Waals surface area contributed by atoms with Gasteiger partial charge in [-0.1, -0.05) is 18.2 Å². The molecule has 0 N–H and O–H groups in total. The third-order valence-electron chi connectivity index (χ3n) is 6.67. The lowest BCUT2D eigenvalue weighted by Gasteiger charge is -2.33. The average molecular weight is 506 g/mol. The van der Waals surface area contributed by atoms with Crippen LogP contribution in [0.4, 0.5) is 15.8 Å². The van der Waals surface area contributed by atoms with Gasteiger partial charge in [0.05, 0.1) is 12.0 Å². The van der Waals surface area contributed by atoms with Crippen LogP contribution in [0.5, 0.6) is 5.75 Å². The quantitative estimate of drug-likeness (QED) is 0.231. The van der Waals surface area contributed by atoms with E-state index in [9.17, 15) is 24.1 Å². The van der Waals surface area contributed by atoms with Crippen LogP contribution in [0.2, 0.25) is 0 Å². The molecule has 37 heavy (non-hydrogen) atoms. The largest absolute Gasteiger partial charge is 0.497 e. The van der Waals surface area contributed by atoms with E-state index in [1.54, 1.807) is 30.3 Å². The van der Waals surface area contributed by atoms with Crippen LogP contribution in [0.1, 0.15) is 33.6 Å². The van der Waals surface area contributed by atoms with E-state index in [2.05, 4.69) is 4.90 Å². The molecule has 1 amide bonds. The topological polar surface area (TPSA) is 93.0 Å². The highest BCUT2D eigenvalue weighted by molar-refractivity contribution is 6.08. The molecule has 0 bridgehead atoms. The molecule has 4 rings (SSSR count). The number of rotatable bonds is 9. The number of ketones is 1. The smallest absolute Gasteiger partial charge is 0.282 e. The van der Waals surface area contributed by atoms with Crippen LogP contribution in [-0.4, -0.2) is 54.8 Å². The summed E-state index contributed by atoms with van der Waals surface area (Å²) in [7, 11) is 1.53. The second-order valence-electron chi connectivity index (χ2n) is 8.92. The number of amides is 1. The number of benzene rings is 3. The maximum absolute atomic E-state index is 13.6. The molecule has 0 spiro atoms. The minimum absolute atomic E-state index is 0.0129. The number of hydrogen-bond donors (Lipinski definition) is 0. The van der Waals surface area contributed by atoms with Gasteiger partial charge in [0.2, 0.25) is 0 Å². The monoisotopic (exact) mass is 505 g/mol. The summed E-state index contributed by atoms with van der Waals surface area (Å²) in [6.45, 7) is 2.17. The van der Waals surface area contributed by atoms with Crippen molar-refractivity contribution in [2.24, 2.45) is 5.92 Å². The van der Waals surface area contributed by atoms with Crippen molar-refractivity contribution in [2.75, 3.05) is 38.2 Å². The Morgan fingerprint density at radius 1 is 1.05 bits per heavy atom. The Bertz CT molecular complexity index is 1270. The van der Waals surface area contributed by atoms with E-state index < -0.39 is 10.8 Å². The van der Waals surface area contributed by atoms with Crippen LogP contribution in [0.3, 0.4) is 0 Å². The Morgan fingerprint density at radius 3 is 2.43 bits per heavy atom. The van der Waals surface area contributed by atoms with Gasteiger partial charge in [0, 0.05) is 42.4 Å². The molecule has 9 heteroatoms. The Labute approximate surface area is 214 Å². The van der Waals surface area contributed by atoms with Crippen LogP contribution >= 0.6 is 0 Å². The second-order valence-corrected chi connectivity index (χ2v) is 8.92. The number of carbonyl (C=O) groups is 2. The summed E-state index contributed by atoms with van der Waals surface area (Å²) in [5.74, 6) is -0.392. The Balaban J connectivity index is 1.46. The van der Waals surface area contributed by atoms with Crippen molar-refractivity contribution in [1.82, 2.24) is 4.90 Å². The number of Topliss-reactive ketones (excluding diaryl/α,β-unsaturated/α-hetero) is 1. The maximum Gasteiger partial charge on any atom is 0.282 e. The van der Waals surface area contributed by atoms with Gasteiger partial charge in [0.1, 0.15) is 17.1 Å². The average Bonchev–Trinajstić information content (AvgIpc) is 2.93. The number of anilines is 1. The van der Waals surface area contributed by atoms with E-state index in [0.29, 0.717) is 56.0 Å². The zero-order valence-corrected chi connectivity index (χ0v) is 20.5. The Morgan fingerprint density at radius 2 is 1.76 bits per heavy atom. The lowest BCUT2D eigenvalue weighted by molar-refractivity contribution is -0.385. The molecule has 0 aliphatic carbocycles. The zero-order chi connectivity index (χ0) is 26.4. The van der Waals surface area contributed by atoms with Crippen LogP contribution in [0, 0.1) is 21.8 Å². The molecule has 0 atom stereocenters. The van der Waals surface area contributed by atoms with Crippen molar-refractivity contribution in [3.05, 3.63) is 99.9 Å². The van der Waals surface area contributed by atoms with E-state index in [4.69, 9.17) is 4.74 Å². The van der Waals surface area contributed by atoms with Crippen LogP contribution in [0.15, 0.2) is 72.8 Å². The minimum Gasteiger partial charge on any atom is -0.497 e. The number of likely N-dealkylation sites (tertiary alicyclic amines) is 1. The van der Waals surface area contributed by atoms with Gasteiger partial charge in [-0.25, -0.2) is 4.39 Å². The number of nitro benzene ring substituents is 1. The molecule has 0 unspecified atom stereocenters. The summed E-state index contributed by atoms with van der Waals surface area (Å²) in [6.07, 6.45) is 1.32.